The highest BCUT2D eigenvalue weighted by atomic mass is 19.3. The third-order valence-electron chi connectivity index (χ3n) is 4.53. The number of aromatic nitrogens is 3. The van der Waals surface area contributed by atoms with Gasteiger partial charge in [-0.1, -0.05) is 19.1 Å². The predicted octanol–water partition coefficient (Wildman–Crippen LogP) is 5.24. The monoisotopic (exact) mass is 461 g/mol. The summed E-state index contributed by atoms with van der Waals surface area (Å²) in [4.78, 5) is 28.8. The molecule has 0 aliphatic heterocycles. The number of ether oxygens (including phenoxy) is 1. The van der Waals surface area contributed by atoms with Crippen LogP contribution in [0.3, 0.4) is 0 Å². The SMILES string of the molecule is C=CC[C@H](NC(=O)OC(C)(C)C)c1ccnc(-c2c(NC(=O)[C@H](C)C=C)cnn2C(F)F)c1. The van der Waals surface area contributed by atoms with Crippen molar-refractivity contribution in [3.63, 3.8) is 0 Å². The van der Waals surface area contributed by atoms with Gasteiger partial charge in [-0.15, -0.1) is 13.2 Å². The first-order chi connectivity index (χ1) is 15.5. The van der Waals surface area contributed by atoms with Gasteiger partial charge in [0.05, 0.1) is 29.5 Å². The number of carbonyl (C=O) groups is 2. The van der Waals surface area contributed by atoms with Crippen LogP contribution in [0.15, 0.2) is 49.8 Å². The van der Waals surface area contributed by atoms with Gasteiger partial charge in [0.15, 0.2) is 0 Å². The molecule has 2 heterocycles. The first kappa shape index (κ1) is 25.7. The van der Waals surface area contributed by atoms with Crippen LogP contribution in [0, 0.1) is 5.92 Å². The number of hydrogen-bond donors (Lipinski definition) is 2. The van der Waals surface area contributed by atoms with E-state index < -0.39 is 36.1 Å². The molecule has 2 rings (SSSR count). The van der Waals surface area contributed by atoms with Crippen LogP contribution in [-0.2, 0) is 9.53 Å². The highest BCUT2D eigenvalue weighted by molar-refractivity contribution is 5.96. The minimum Gasteiger partial charge on any atom is -0.444 e. The Morgan fingerprint density at radius 1 is 1.30 bits per heavy atom. The summed E-state index contributed by atoms with van der Waals surface area (Å²) in [5.41, 5.74) is 0.0626. The lowest BCUT2D eigenvalue weighted by Gasteiger charge is -2.23. The zero-order valence-corrected chi connectivity index (χ0v) is 19.1. The Morgan fingerprint density at radius 2 is 2.00 bits per heavy atom. The van der Waals surface area contributed by atoms with Crippen molar-refractivity contribution in [2.45, 2.75) is 52.3 Å². The second kappa shape index (κ2) is 10.8. The van der Waals surface area contributed by atoms with Gasteiger partial charge in [0, 0.05) is 6.20 Å². The molecule has 2 aromatic rings. The van der Waals surface area contributed by atoms with Gasteiger partial charge >= 0.3 is 12.6 Å². The Labute approximate surface area is 191 Å². The molecule has 0 unspecified atom stereocenters. The van der Waals surface area contributed by atoms with Crippen LogP contribution < -0.4 is 10.6 Å². The van der Waals surface area contributed by atoms with Crippen LogP contribution in [0.4, 0.5) is 19.3 Å². The predicted molar refractivity (Wildman–Crippen MR) is 122 cm³/mol. The second-order valence-electron chi connectivity index (χ2n) is 8.34. The van der Waals surface area contributed by atoms with Gasteiger partial charge in [-0.25, -0.2) is 4.79 Å². The molecule has 0 bridgehead atoms. The first-order valence-corrected chi connectivity index (χ1v) is 10.3. The minimum absolute atomic E-state index is 0.0638. The van der Waals surface area contributed by atoms with Gasteiger partial charge in [-0.05, 0) is 44.9 Å². The number of alkyl carbamates (subject to hydrolysis) is 1. The molecule has 33 heavy (non-hydrogen) atoms. The van der Waals surface area contributed by atoms with Crippen LogP contribution in [0.25, 0.3) is 11.4 Å². The summed E-state index contributed by atoms with van der Waals surface area (Å²) >= 11 is 0. The van der Waals surface area contributed by atoms with Crippen molar-refractivity contribution >= 4 is 17.7 Å². The van der Waals surface area contributed by atoms with E-state index in [0.717, 1.165) is 6.20 Å². The lowest BCUT2D eigenvalue weighted by molar-refractivity contribution is -0.118. The van der Waals surface area contributed by atoms with E-state index >= 15 is 0 Å². The Balaban J connectivity index is 2.45. The van der Waals surface area contributed by atoms with Crippen molar-refractivity contribution in [3.8, 4) is 11.4 Å². The molecule has 2 N–H and O–H groups in total. The van der Waals surface area contributed by atoms with Crippen molar-refractivity contribution < 1.29 is 23.1 Å². The van der Waals surface area contributed by atoms with E-state index in [1.807, 2.05) is 0 Å². The van der Waals surface area contributed by atoms with Crippen LogP contribution in [0.5, 0.6) is 0 Å². The van der Waals surface area contributed by atoms with Crippen LogP contribution in [0.1, 0.15) is 52.3 Å². The van der Waals surface area contributed by atoms with E-state index in [2.05, 4.69) is 33.9 Å². The molecule has 0 radical (unpaired) electrons. The van der Waals surface area contributed by atoms with E-state index in [1.54, 1.807) is 45.9 Å². The topological polar surface area (TPSA) is 98.1 Å². The number of carbonyl (C=O) groups excluding carboxylic acids is 2. The molecule has 10 heteroatoms. The van der Waals surface area contributed by atoms with Crippen molar-refractivity contribution in [2.75, 3.05) is 5.32 Å². The largest absolute Gasteiger partial charge is 0.444 e. The van der Waals surface area contributed by atoms with Crippen LogP contribution in [0.2, 0.25) is 0 Å². The number of rotatable bonds is 9. The number of nitrogens with one attached hydrogen (secondary N) is 2. The Hall–Kier alpha value is -3.56. The van der Waals surface area contributed by atoms with Gasteiger partial charge in [0.1, 0.15) is 11.3 Å². The highest BCUT2D eigenvalue weighted by Gasteiger charge is 2.24. The van der Waals surface area contributed by atoms with Crippen molar-refractivity contribution in [1.82, 2.24) is 20.1 Å². The van der Waals surface area contributed by atoms with Crippen molar-refractivity contribution in [2.24, 2.45) is 5.92 Å². The standard InChI is InChI=1S/C23H29F2N5O3/c1-7-9-16(29-22(32)33-23(4,5)6)15-10-11-26-17(12-15)19-18(13-27-30(19)21(24)25)28-20(31)14(3)8-2/h7-8,10-14,16,21H,1-2,9H2,3-6H3,(H,28,31)(H,29,32)/t14-,16+/m1/s1. The van der Waals surface area contributed by atoms with Gasteiger partial charge < -0.3 is 15.4 Å². The summed E-state index contributed by atoms with van der Waals surface area (Å²) in [6.45, 7) is 11.2. The second-order valence-corrected chi connectivity index (χ2v) is 8.34. The van der Waals surface area contributed by atoms with E-state index in [0.29, 0.717) is 16.7 Å². The number of anilines is 1. The molecule has 2 atom stereocenters. The average Bonchev–Trinajstić information content (AvgIpc) is 3.15. The molecule has 0 saturated carbocycles. The molecule has 2 amide bonds. The number of halogens is 2. The van der Waals surface area contributed by atoms with E-state index in [4.69, 9.17) is 4.74 Å². The number of amides is 2. The van der Waals surface area contributed by atoms with Crippen molar-refractivity contribution in [3.05, 3.63) is 55.4 Å². The molecule has 0 aliphatic carbocycles. The van der Waals surface area contributed by atoms with Gasteiger partial charge in [0.2, 0.25) is 5.91 Å². The Kier molecular flexibility index (Phi) is 8.44. The van der Waals surface area contributed by atoms with Crippen molar-refractivity contribution in [1.29, 1.82) is 0 Å². The lowest BCUT2D eigenvalue weighted by Crippen LogP contribution is -2.34. The zero-order chi connectivity index (χ0) is 24.8. The fraction of sp³-hybridized carbons (Fsp3) is 0.391. The fourth-order valence-corrected chi connectivity index (χ4v) is 2.90. The summed E-state index contributed by atoms with van der Waals surface area (Å²) in [7, 11) is 0. The van der Waals surface area contributed by atoms with E-state index in [9.17, 15) is 18.4 Å². The normalized spacial score (nSPS) is 13.2. The first-order valence-electron chi connectivity index (χ1n) is 10.3. The molecule has 0 fully saturated rings. The third kappa shape index (κ3) is 6.96. The molecule has 2 aromatic heterocycles. The van der Waals surface area contributed by atoms with Crippen LogP contribution in [-0.4, -0.2) is 32.4 Å². The maximum atomic E-state index is 13.7. The summed E-state index contributed by atoms with van der Waals surface area (Å²) < 4.78 is 33.1. The van der Waals surface area contributed by atoms with Gasteiger partial charge in [0.25, 0.3) is 0 Å². The Morgan fingerprint density at radius 3 is 2.58 bits per heavy atom. The molecule has 8 nitrogen and oxygen atoms in total. The lowest BCUT2D eigenvalue weighted by atomic mass is 10.0. The van der Waals surface area contributed by atoms with E-state index in [-0.39, 0.29) is 17.1 Å². The summed E-state index contributed by atoms with van der Waals surface area (Å²) in [6, 6.07) is 2.66. The summed E-state index contributed by atoms with van der Waals surface area (Å²) in [5, 5.41) is 9.06. The molecule has 178 valence electrons. The maximum Gasteiger partial charge on any atom is 0.408 e. The molecular formula is C23H29F2N5O3. The fourth-order valence-electron chi connectivity index (χ4n) is 2.90. The maximum absolute atomic E-state index is 13.7. The summed E-state index contributed by atoms with van der Waals surface area (Å²) in [5.74, 6) is -0.964. The smallest absolute Gasteiger partial charge is 0.408 e. The molecular weight excluding hydrogens is 432 g/mol. The summed E-state index contributed by atoms with van der Waals surface area (Å²) in [6.07, 6.45) is 5.36. The number of alkyl halides is 2. The third-order valence-corrected chi connectivity index (χ3v) is 4.53. The molecule has 0 saturated heterocycles. The molecule has 0 aromatic carbocycles. The number of pyridine rings is 1. The van der Waals surface area contributed by atoms with Crippen LogP contribution >= 0.6 is 0 Å². The average molecular weight is 462 g/mol. The minimum atomic E-state index is -2.96. The van der Waals surface area contributed by atoms with Gasteiger partial charge in [-0.2, -0.15) is 18.6 Å². The number of hydrogen-bond acceptors (Lipinski definition) is 5. The van der Waals surface area contributed by atoms with E-state index in [1.165, 1.54) is 12.3 Å². The highest BCUT2D eigenvalue weighted by Crippen LogP contribution is 2.32. The Bertz CT molecular complexity index is 1010. The zero-order valence-electron chi connectivity index (χ0n) is 19.1. The number of nitrogens with zero attached hydrogens (tertiary/aromatic N) is 3. The molecule has 0 aliphatic rings. The quantitative estimate of drug-likeness (QED) is 0.498. The van der Waals surface area contributed by atoms with Gasteiger partial charge in [-0.3, -0.25) is 9.78 Å². The molecule has 0 spiro atoms.